The van der Waals surface area contributed by atoms with Gasteiger partial charge in [0.2, 0.25) is 6.29 Å². The van der Waals surface area contributed by atoms with E-state index in [0.29, 0.717) is 0 Å². The summed E-state index contributed by atoms with van der Waals surface area (Å²) < 4.78 is 15.5. The second-order valence-corrected chi connectivity index (χ2v) is 7.07. The van der Waals surface area contributed by atoms with E-state index in [-0.39, 0.29) is 0 Å². The van der Waals surface area contributed by atoms with Crippen molar-refractivity contribution in [1.29, 1.82) is 0 Å². The van der Waals surface area contributed by atoms with Crippen LogP contribution in [0, 0.1) is 0 Å². The Morgan fingerprint density at radius 1 is 0.781 bits per heavy atom. The molecule has 0 aliphatic carbocycles. The lowest BCUT2D eigenvalue weighted by Gasteiger charge is -2.39. The molecule has 2 aromatic carbocycles. The number of aliphatic hydroxyl groups is 3. The number of hydrogen-bond donors (Lipinski definition) is 3. The lowest BCUT2D eigenvalue weighted by atomic mass is 9.99. The molecule has 3 N–H and O–H groups in total. The number of rotatable bonds is 7. The number of carbonyl (C=O) groups excluding carboxylic acids is 2. The van der Waals surface area contributed by atoms with Gasteiger partial charge in [-0.1, -0.05) is 60.7 Å². The highest BCUT2D eigenvalue weighted by Crippen LogP contribution is 2.23. The van der Waals surface area contributed by atoms with E-state index in [4.69, 9.17) is 14.2 Å². The Hall–Kier alpha value is -3.30. The van der Waals surface area contributed by atoms with Crippen LogP contribution in [0.4, 0.5) is 0 Å². The summed E-state index contributed by atoms with van der Waals surface area (Å²) in [5.41, 5.74) is 1.56. The van der Waals surface area contributed by atoms with Crippen molar-refractivity contribution in [3.05, 3.63) is 83.9 Å². The molecular formula is C24H24O8. The molecule has 1 saturated heterocycles. The summed E-state index contributed by atoms with van der Waals surface area (Å²) in [5.74, 6) is -1.51. The van der Waals surface area contributed by atoms with Crippen molar-refractivity contribution in [1.82, 2.24) is 0 Å². The van der Waals surface area contributed by atoms with Crippen LogP contribution in [0.2, 0.25) is 0 Å². The zero-order valence-electron chi connectivity index (χ0n) is 17.1. The van der Waals surface area contributed by atoms with Crippen LogP contribution in [0.25, 0.3) is 12.2 Å². The molecule has 0 saturated carbocycles. The number of hydrogen-bond acceptors (Lipinski definition) is 8. The first-order valence-electron chi connectivity index (χ1n) is 9.97. The largest absolute Gasteiger partial charge is 0.460 e. The SMILES string of the molecule is O=C(/C=C/c1ccccc1)OC[C@H]1O[C@@H](OC(=O)/C=C/c2ccccc2)[C@H](O)[C@@H](O)[C@@H]1O. The first-order valence-corrected chi connectivity index (χ1v) is 9.97. The van der Waals surface area contributed by atoms with Crippen molar-refractivity contribution >= 4 is 24.1 Å². The molecule has 1 fully saturated rings. The molecular weight excluding hydrogens is 416 g/mol. The van der Waals surface area contributed by atoms with Crippen LogP contribution in [0.15, 0.2) is 72.8 Å². The molecule has 1 heterocycles. The molecule has 0 amide bonds. The third kappa shape index (κ3) is 6.60. The maximum absolute atomic E-state index is 12.1. The van der Waals surface area contributed by atoms with Gasteiger partial charge in [-0.2, -0.15) is 0 Å². The maximum Gasteiger partial charge on any atom is 0.333 e. The Balaban J connectivity index is 1.55. The minimum Gasteiger partial charge on any atom is -0.460 e. The Morgan fingerprint density at radius 3 is 1.88 bits per heavy atom. The van der Waals surface area contributed by atoms with Crippen LogP contribution in [-0.2, 0) is 23.8 Å². The van der Waals surface area contributed by atoms with Crippen molar-refractivity contribution in [3.8, 4) is 0 Å². The summed E-state index contributed by atoms with van der Waals surface area (Å²) in [4.78, 5) is 24.0. The van der Waals surface area contributed by atoms with Crippen LogP contribution in [0.3, 0.4) is 0 Å². The minimum absolute atomic E-state index is 0.420. The van der Waals surface area contributed by atoms with E-state index in [1.165, 1.54) is 12.2 Å². The highest BCUT2D eigenvalue weighted by atomic mass is 16.7. The second-order valence-electron chi connectivity index (χ2n) is 7.07. The van der Waals surface area contributed by atoms with Gasteiger partial charge in [-0.05, 0) is 23.3 Å². The van der Waals surface area contributed by atoms with E-state index < -0.39 is 49.3 Å². The smallest absolute Gasteiger partial charge is 0.333 e. The van der Waals surface area contributed by atoms with E-state index in [2.05, 4.69) is 0 Å². The normalized spacial score (nSPS) is 25.7. The van der Waals surface area contributed by atoms with Crippen LogP contribution in [0.5, 0.6) is 0 Å². The van der Waals surface area contributed by atoms with Crippen LogP contribution in [0.1, 0.15) is 11.1 Å². The third-order valence-electron chi connectivity index (χ3n) is 4.71. The Kier molecular flexibility index (Phi) is 8.29. The molecule has 2 aromatic rings. The van der Waals surface area contributed by atoms with Crippen molar-refractivity contribution < 1.29 is 39.1 Å². The standard InChI is InChI=1S/C24H24O8/c25-19(13-11-16-7-3-1-4-8-16)30-15-18-21(27)22(28)23(29)24(31-18)32-20(26)14-12-17-9-5-2-6-10-17/h1-14,18,21-24,27-29H,15H2/b13-11+,14-12+/t18-,21-,22+,23-,24+/m1/s1. The van der Waals surface area contributed by atoms with Gasteiger partial charge in [0.25, 0.3) is 0 Å². The fourth-order valence-corrected chi connectivity index (χ4v) is 2.97. The molecule has 0 unspecified atom stereocenters. The first-order chi connectivity index (χ1) is 15.4. The molecule has 8 nitrogen and oxygen atoms in total. The monoisotopic (exact) mass is 440 g/mol. The minimum atomic E-state index is -1.68. The lowest BCUT2D eigenvalue weighted by Crippen LogP contribution is -2.59. The van der Waals surface area contributed by atoms with Gasteiger partial charge in [-0.25, -0.2) is 9.59 Å². The van der Waals surface area contributed by atoms with Gasteiger partial charge in [-0.15, -0.1) is 0 Å². The predicted octanol–water partition coefficient (Wildman–Crippen LogP) is 1.31. The Bertz CT molecular complexity index is 939. The number of esters is 2. The quantitative estimate of drug-likeness (QED) is 0.435. The molecule has 8 heteroatoms. The topological polar surface area (TPSA) is 123 Å². The van der Waals surface area contributed by atoms with E-state index in [1.54, 1.807) is 42.5 Å². The third-order valence-corrected chi connectivity index (χ3v) is 4.71. The Labute approximate surface area is 185 Å². The average molecular weight is 440 g/mol. The van der Waals surface area contributed by atoms with Gasteiger partial charge >= 0.3 is 11.9 Å². The lowest BCUT2D eigenvalue weighted by molar-refractivity contribution is -0.291. The summed E-state index contributed by atoms with van der Waals surface area (Å²) >= 11 is 0. The first kappa shape index (κ1) is 23.4. The second kappa shape index (κ2) is 11.4. The van der Waals surface area contributed by atoms with E-state index in [9.17, 15) is 24.9 Å². The zero-order chi connectivity index (χ0) is 22.9. The van der Waals surface area contributed by atoms with Crippen molar-refractivity contribution in [3.63, 3.8) is 0 Å². The van der Waals surface area contributed by atoms with E-state index in [0.717, 1.165) is 17.2 Å². The average Bonchev–Trinajstić information content (AvgIpc) is 2.82. The number of aliphatic hydroxyl groups excluding tert-OH is 3. The zero-order valence-corrected chi connectivity index (χ0v) is 17.1. The van der Waals surface area contributed by atoms with Gasteiger partial charge in [-0.3, -0.25) is 0 Å². The van der Waals surface area contributed by atoms with Crippen LogP contribution >= 0.6 is 0 Å². The predicted molar refractivity (Wildman–Crippen MR) is 115 cm³/mol. The molecule has 5 atom stereocenters. The summed E-state index contributed by atoms with van der Waals surface area (Å²) in [6, 6.07) is 18.1. The van der Waals surface area contributed by atoms with Gasteiger partial charge in [0.1, 0.15) is 31.0 Å². The summed E-state index contributed by atoms with van der Waals surface area (Å²) in [6.07, 6.45) is -2.22. The van der Waals surface area contributed by atoms with E-state index >= 15 is 0 Å². The van der Waals surface area contributed by atoms with Crippen molar-refractivity contribution in [2.75, 3.05) is 6.61 Å². The molecule has 0 spiro atoms. The molecule has 1 aliphatic rings. The molecule has 168 valence electrons. The number of ether oxygens (including phenoxy) is 3. The van der Waals surface area contributed by atoms with Gasteiger partial charge in [0.15, 0.2) is 0 Å². The van der Waals surface area contributed by atoms with Gasteiger partial charge < -0.3 is 29.5 Å². The van der Waals surface area contributed by atoms with Crippen molar-refractivity contribution in [2.45, 2.75) is 30.7 Å². The van der Waals surface area contributed by atoms with E-state index in [1.807, 2.05) is 24.3 Å². The molecule has 0 bridgehead atoms. The maximum atomic E-state index is 12.1. The van der Waals surface area contributed by atoms with Gasteiger partial charge in [0, 0.05) is 12.2 Å². The molecule has 1 aliphatic heterocycles. The molecule has 0 aromatic heterocycles. The highest BCUT2D eigenvalue weighted by molar-refractivity contribution is 5.87. The molecule has 32 heavy (non-hydrogen) atoms. The fraction of sp³-hybridized carbons (Fsp3) is 0.250. The highest BCUT2D eigenvalue weighted by Gasteiger charge is 2.45. The van der Waals surface area contributed by atoms with Gasteiger partial charge in [0.05, 0.1) is 0 Å². The summed E-state index contributed by atoms with van der Waals surface area (Å²) in [5, 5.41) is 30.3. The number of benzene rings is 2. The summed E-state index contributed by atoms with van der Waals surface area (Å²) in [6.45, 7) is -0.420. The number of carbonyl (C=O) groups is 2. The molecule has 0 radical (unpaired) electrons. The summed E-state index contributed by atoms with van der Waals surface area (Å²) in [7, 11) is 0. The Morgan fingerprint density at radius 2 is 1.31 bits per heavy atom. The van der Waals surface area contributed by atoms with Crippen molar-refractivity contribution in [2.24, 2.45) is 0 Å². The van der Waals surface area contributed by atoms with Crippen LogP contribution < -0.4 is 0 Å². The van der Waals surface area contributed by atoms with Crippen LogP contribution in [-0.4, -0.2) is 64.6 Å². The fourth-order valence-electron chi connectivity index (χ4n) is 2.97. The molecule has 3 rings (SSSR count).